The number of rotatable bonds is 4. The lowest BCUT2D eigenvalue weighted by Crippen LogP contribution is -2.45. The van der Waals surface area contributed by atoms with Gasteiger partial charge in [0.1, 0.15) is 20.2 Å². The largest absolute Gasteiger partial charge is 0.390 e. The van der Waals surface area contributed by atoms with Crippen LogP contribution in [0.4, 0.5) is 0 Å². The van der Waals surface area contributed by atoms with Crippen molar-refractivity contribution in [2.75, 3.05) is 6.61 Å². The first-order valence-electron chi connectivity index (χ1n) is 8.36. The highest BCUT2D eigenvalue weighted by molar-refractivity contribution is 6.58. The average Bonchev–Trinajstić information content (AvgIpc) is 3.07. The molecule has 137 valence electrons. The van der Waals surface area contributed by atoms with Crippen molar-refractivity contribution < 1.29 is 14.6 Å². The third kappa shape index (κ3) is 3.29. The third-order valence-corrected chi connectivity index (χ3v) is 6.58. The molecular formula is C16H25N4O4Si. The number of hydrogen-bond donors (Lipinski definition) is 2. The van der Waals surface area contributed by atoms with Gasteiger partial charge in [0.15, 0.2) is 11.2 Å². The van der Waals surface area contributed by atoms with Crippen molar-refractivity contribution in [1.29, 1.82) is 0 Å². The van der Waals surface area contributed by atoms with E-state index in [1.807, 2.05) is 25.3 Å². The molecule has 2 aromatic rings. The van der Waals surface area contributed by atoms with Crippen LogP contribution in [0.5, 0.6) is 0 Å². The highest BCUT2D eigenvalue weighted by Crippen LogP contribution is 2.39. The van der Waals surface area contributed by atoms with E-state index in [2.05, 4.69) is 28.0 Å². The highest BCUT2D eigenvalue weighted by atomic mass is 28.3. The number of aliphatic hydroxyl groups is 1. The minimum Gasteiger partial charge on any atom is -0.390 e. The van der Waals surface area contributed by atoms with Crippen molar-refractivity contribution >= 4 is 20.0 Å². The van der Waals surface area contributed by atoms with E-state index in [0.29, 0.717) is 18.7 Å². The lowest BCUT2D eigenvalue weighted by molar-refractivity contribution is -0.112. The van der Waals surface area contributed by atoms with Crippen molar-refractivity contribution in [3.05, 3.63) is 23.0 Å². The molecule has 9 heteroatoms. The van der Waals surface area contributed by atoms with Crippen LogP contribution in [0.1, 0.15) is 27.2 Å². The van der Waals surface area contributed by atoms with Gasteiger partial charge in [-0.1, -0.05) is 13.1 Å². The number of aliphatic hydroxyl groups excluding tert-OH is 1. The molecular weight excluding hydrogens is 340 g/mol. The van der Waals surface area contributed by atoms with Gasteiger partial charge >= 0.3 is 0 Å². The fourth-order valence-corrected chi connectivity index (χ4v) is 4.75. The molecule has 1 aliphatic rings. The summed E-state index contributed by atoms with van der Waals surface area (Å²) in [7, 11) is -1.08. The SMILES string of the molecule is C[Si](C)[C@]1(n2cnc3c(=O)[nH]cnc32)C[C@H](O)[C@@H](COC(C)(C)C)O1. The van der Waals surface area contributed by atoms with Gasteiger partial charge in [-0.25, -0.2) is 9.97 Å². The standard InChI is InChI=1S/C16H25N4O4Si/c1-15(2,3)23-7-11-10(21)6-16(24-11,25(4)5)20-9-19-12-13(20)17-8-18-14(12)22/h8-11,21H,6-7H2,1-5H3,(H,17,18,22)/t10-,11+,16-/m0/s1. The Kier molecular flexibility index (Phi) is 4.61. The van der Waals surface area contributed by atoms with Crippen LogP contribution >= 0.6 is 0 Å². The predicted octanol–water partition coefficient (Wildman–Crippen LogP) is 1.03. The fraction of sp³-hybridized carbons (Fsp3) is 0.688. The smallest absolute Gasteiger partial charge is 0.278 e. The summed E-state index contributed by atoms with van der Waals surface area (Å²) in [6.07, 6.45) is 2.29. The van der Waals surface area contributed by atoms with Crippen LogP contribution < -0.4 is 5.56 Å². The van der Waals surface area contributed by atoms with Crippen LogP contribution in [-0.2, 0) is 14.8 Å². The van der Waals surface area contributed by atoms with Crippen molar-refractivity contribution in [2.45, 2.75) is 63.4 Å². The van der Waals surface area contributed by atoms with E-state index in [0.717, 1.165) is 0 Å². The summed E-state index contributed by atoms with van der Waals surface area (Å²) in [4.78, 5) is 23.0. The second-order valence-electron chi connectivity index (χ2n) is 7.65. The Labute approximate surface area is 147 Å². The summed E-state index contributed by atoms with van der Waals surface area (Å²) < 4.78 is 14.0. The van der Waals surface area contributed by atoms with Gasteiger partial charge in [-0.2, -0.15) is 0 Å². The van der Waals surface area contributed by atoms with Crippen LogP contribution in [0.15, 0.2) is 17.4 Å². The van der Waals surface area contributed by atoms with Crippen molar-refractivity contribution in [3.63, 3.8) is 0 Å². The molecule has 1 saturated heterocycles. The van der Waals surface area contributed by atoms with Crippen LogP contribution in [0, 0.1) is 0 Å². The average molecular weight is 365 g/mol. The molecule has 0 bridgehead atoms. The Balaban J connectivity index is 1.98. The van der Waals surface area contributed by atoms with E-state index >= 15 is 0 Å². The Hall–Kier alpha value is -1.55. The van der Waals surface area contributed by atoms with Gasteiger partial charge in [-0.15, -0.1) is 0 Å². The summed E-state index contributed by atoms with van der Waals surface area (Å²) >= 11 is 0. The molecule has 0 aromatic carbocycles. The third-order valence-electron chi connectivity index (χ3n) is 4.45. The minimum atomic E-state index is -1.08. The van der Waals surface area contributed by atoms with Crippen LogP contribution in [0.25, 0.3) is 11.2 Å². The Morgan fingerprint density at radius 1 is 1.48 bits per heavy atom. The summed E-state index contributed by atoms with van der Waals surface area (Å²) in [6.45, 7) is 10.4. The van der Waals surface area contributed by atoms with Crippen LogP contribution in [0.3, 0.4) is 0 Å². The van der Waals surface area contributed by atoms with Crippen molar-refractivity contribution in [1.82, 2.24) is 19.5 Å². The van der Waals surface area contributed by atoms with Gasteiger partial charge < -0.3 is 19.6 Å². The number of aromatic amines is 1. The molecule has 1 fully saturated rings. The minimum absolute atomic E-state index is 0.276. The molecule has 3 heterocycles. The van der Waals surface area contributed by atoms with Crippen molar-refractivity contribution in [3.8, 4) is 0 Å². The monoisotopic (exact) mass is 365 g/mol. The Bertz CT molecular complexity index is 812. The van der Waals surface area contributed by atoms with E-state index in [1.54, 1.807) is 6.33 Å². The molecule has 25 heavy (non-hydrogen) atoms. The number of ether oxygens (including phenoxy) is 2. The summed E-state index contributed by atoms with van der Waals surface area (Å²) in [5.74, 6) is 0. The quantitative estimate of drug-likeness (QED) is 0.785. The van der Waals surface area contributed by atoms with E-state index in [-0.39, 0.29) is 16.7 Å². The number of aromatic nitrogens is 4. The van der Waals surface area contributed by atoms with E-state index < -0.39 is 26.4 Å². The summed E-state index contributed by atoms with van der Waals surface area (Å²) in [5.41, 5.74) is 0.153. The molecule has 0 saturated carbocycles. The molecule has 0 spiro atoms. The fourth-order valence-electron chi connectivity index (χ4n) is 3.10. The molecule has 0 aliphatic carbocycles. The molecule has 1 radical (unpaired) electrons. The van der Waals surface area contributed by atoms with Gasteiger partial charge in [0.2, 0.25) is 0 Å². The number of nitrogens with zero attached hydrogens (tertiary/aromatic N) is 3. The second kappa shape index (κ2) is 6.31. The van der Waals surface area contributed by atoms with Gasteiger partial charge in [0.05, 0.1) is 31.0 Å². The van der Waals surface area contributed by atoms with Crippen molar-refractivity contribution in [2.24, 2.45) is 0 Å². The van der Waals surface area contributed by atoms with Crippen LogP contribution in [0.2, 0.25) is 13.1 Å². The molecule has 0 amide bonds. The molecule has 3 atom stereocenters. The molecule has 3 rings (SSSR count). The highest BCUT2D eigenvalue weighted by Gasteiger charge is 2.51. The van der Waals surface area contributed by atoms with Gasteiger partial charge in [-0.3, -0.25) is 9.36 Å². The maximum Gasteiger partial charge on any atom is 0.278 e. The lowest BCUT2D eigenvalue weighted by atomic mass is 10.1. The molecule has 2 aromatic heterocycles. The number of nitrogens with one attached hydrogen (secondary N) is 1. The van der Waals surface area contributed by atoms with E-state index in [4.69, 9.17) is 9.47 Å². The van der Waals surface area contributed by atoms with E-state index in [9.17, 15) is 9.90 Å². The zero-order valence-electron chi connectivity index (χ0n) is 15.2. The first-order valence-corrected chi connectivity index (χ1v) is 10.9. The molecule has 8 nitrogen and oxygen atoms in total. The molecule has 2 N–H and O–H groups in total. The van der Waals surface area contributed by atoms with Gasteiger partial charge in [0.25, 0.3) is 5.56 Å². The van der Waals surface area contributed by atoms with E-state index in [1.165, 1.54) is 6.33 Å². The number of hydrogen-bond acceptors (Lipinski definition) is 6. The zero-order chi connectivity index (χ0) is 18.4. The Morgan fingerprint density at radius 3 is 2.84 bits per heavy atom. The summed E-state index contributed by atoms with van der Waals surface area (Å²) in [5, 5.41) is 9.85. The number of H-pyrrole nitrogens is 1. The van der Waals surface area contributed by atoms with Gasteiger partial charge in [0, 0.05) is 6.42 Å². The Morgan fingerprint density at radius 2 is 2.20 bits per heavy atom. The number of fused-ring (bicyclic) bond motifs is 1. The second-order valence-corrected chi connectivity index (χ2v) is 10.4. The predicted molar refractivity (Wildman–Crippen MR) is 94.8 cm³/mol. The topological polar surface area (TPSA) is 102 Å². The first-order chi connectivity index (χ1) is 11.6. The normalized spacial score (nSPS) is 27.5. The molecule has 1 aliphatic heterocycles. The maximum atomic E-state index is 11.9. The summed E-state index contributed by atoms with van der Waals surface area (Å²) in [6, 6.07) is 0. The zero-order valence-corrected chi connectivity index (χ0v) is 16.2. The lowest BCUT2D eigenvalue weighted by Gasteiger charge is -2.34. The van der Waals surface area contributed by atoms with Gasteiger partial charge in [-0.05, 0) is 20.8 Å². The number of imidazole rings is 1. The first kappa shape index (κ1) is 18.2. The maximum absolute atomic E-state index is 11.9. The molecule has 0 unspecified atom stereocenters. The van der Waals surface area contributed by atoms with Crippen LogP contribution in [-0.4, -0.2) is 57.8 Å².